The number of hydrogen-bond acceptors (Lipinski definition) is 8. The van der Waals surface area contributed by atoms with E-state index in [1.165, 1.54) is 21.2 Å². The topological polar surface area (TPSA) is 73.8 Å². The van der Waals surface area contributed by atoms with Gasteiger partial charge in [0.05, 0.1) is 28.4 Å². The van der Waals surface area contributed by atoms with Gasteiger partial charge in [-0.15, -0.1) is 0 Å². The van der Waals surface area contributed by atoms with Gasteiger partial charge in [0, 0.05) is 55.6 Å². The Morgan fingerprint density at radius 2 is 0.476 bits per heavy atom. The summed E-state index contributed by atoms with van der Waals surface area (Å²) in [5, 5.41) is 6.98. The molecule has 0 saturated carbocycles. The normalized spacial score (nSPS) is 14.2. The first-order valence-corrected chi connectivity index (χ1v) is 32.6. The molecule has 0 fully saturated rings. The maximum absolute atomic E-state index is 6.98. The molecule has 0 saturated heterocycles. The van der Waals surface area contributed by atoms with Crippen LogP contribution in [0, 0.1) is 0 Å². The maximum Gasteiger partial charge on any atom is 0.231 e. The minimum atomic E-state index is -1.50. The summed E-state index contributed by atoms with van der Waals surface area (Å²) in [5.74, 6) is 6.42. The summed E-state index contributed by atoms with van der Waals surface area (Å²) in [5.41, 5.74) is 8.79. The van der Waals surface area contributed by atoms with Crippen LogP contribution in [0.1, 0.15) is 211 Å². The quantitative estimate of drug-likeness (QED) is 0.119. The third-order valence-electron chi connectivity index (χ3n) is 16.4. The first-order valence-electron chi connectivity index (χ1n) is 30.0. The van der Waals surface area contributed by atoms with Gasteiger partial charge in [-0.05, 0) is 164 Å². The first-order chi connectivity index (χ1) is 38.6. The highest BCUT2D eigenvalue weighted by molar-refractivity contribution is 7.80. The van der Waals surface area contributed by atoms with Gasteiger partial charge in [0.2, 0.25) is 13.6 Å². The molecule has 0 N–H and O–H groups in total. The predicted molar refractivity (Wildman–Crippen MR) is 357 cm³/mol. The van der Waals surface area contributed by atoms with Crippen molar-refractivity contribution in [2.24, 2.45) is 0 Å². The van der Waals surface area contributed by atoms with Gasteiger partial charge >= 0.3 is 0 Å². The monoisotopic (exact) mass is 1180 g/mol. The number of rotatable bonds is 11. The van der Waals surface area contributed by atoms with E-state index >= 15 is 0 Å². The summed E-state index contributed by atoms with van der Waals surface area (Å²) in [6.07, 6.45) is 0. The van der Waals surface area contributed by atoms with E-state index in [9.17, 15) is 0 Å². The average molecular weight is 1180 g/mol. The van der Waals surface area contributed by atoms with Gasteiger partial charge < -0.3 is 37.9 Å². The third-order valence-corrected chi connectivity index (χ3v) is 21.2. The zero-order chi connectivity index (χ0) is 62.6. The van der Waals surface area contributed by atoms with Crippen molar-refractivity contribution in [1.29, 1.82) is 0 Å². The van der Waals surface area contributed by atoms with Gasteiger partial charge in [-0.1, -0.05) is 166 Å². The molecule has 0 spiro atoms. The van der Waals surface area contributed by atoms with Crippen LogP contribution in [0.4, 0.5) is 0 Å². The Balaban J connectivity index is 1.67. The number of methoxy groups -OCH3 is 4. The van der Waals surface area contributed by atoms with Crippen LogP contribution in [0.5, 0.6) is 46.0 Å². The average Bonchev–Trinajstić information content (AvgIpc) is 1.21. The maximum atomic E-state index is 6.98. The predicted octanol–water partition coefficient (Wildman–Crippen LogP) is 16.7. The standard InChI is InChI=1S/C74H100O8P2/c1-67(2,3)47-33-43(34-48(61(47)75-25)68(4,5)6)83(44-35-49(69(7,8)9)62(76-26)50(36-44)70(10,11)12)57-31-29-55-65(81-41-79-55)59(57)60-58(32-30-56-66(60)82-42-80-56)84(45-37-51(71(13,14)15)63(77-27)52(38-45)72(16,17)18)46-39-53(73(19,20)21)64(78-28)54(40-46)74(22,23)24/h29-40H,41-42H2,1-28H3. The molecular formula is C74H100O8P2. The van der Waals surface area contributed by atoms with E-state index in [1.807, 2.05) is 28.4 Å². The summed E-state index contributed by atoms with van der Waals surface area (Å²) in [4.78, 5) is 0. The molecule has 0 unspecified atom stereocenters. The fourth-order valence-corrected chi connectivity index (χ4v) is 17.0. The van der Waals surface area contributed by atoms with Crippen molar-refractivity contribution in [2.75, 3.05) is 42.0 Å². The van der Waals surface area contributed by atoms with Gasteiger partial charge in [0.15, 0.2) is 23.0 Å². The largest absolute Gasteiger partial charge is 0.496 e. The van der Waals surface area contributed by atoms with Crippen LogP contribution in [0.25, 0.3) is 11.1 Å². The van der Waals surface area contributed by atoms with E-state index in [0.29, 0.717) is 23.0 Å². The number of hydrogen-bond donors (Lipinski definition) is 0. The minimum absolute atomic E-state index is 0.0701. The lowest BCUT2D eigenvalue weighted by molar-refractivity contribution is 0.173. The molecule has 8 rings (SSSR count). The number of benzene rings is 6. The molecule has 6 aromatic rings. The number of ether oxygens (including phenoxy) is 8. The van der Waals surface area contributed by atoms with E-state index in [-0.39, 0.29) is 56.9 Å². The Bertz CT molecular complexity index is 2940. The Labute approximate surface area is 508 Å². The molecule has 454 valence electrons. The van der Waals surface area contributed by atoms with Crippen molar-refractivity contribution in [1.82, 2.24) is 0 Å². The first kappa shape index (κ1) is 64.6. The zero-order valence-electron chi connectivity index (χ0n) is 56.5. The van der Waals surface area contributed by atoms with E-state index in [2.05, 4.69) is 239 Å². The lowest BCUT2D eigenvalue weighted by Crippen LogP contribution is -2.31. The third kappa shape index (κ3) is 12.3. The van der Waals surface area contributed by atoms with Crippen molar-refractivity contribution >= 4 is 47.7 Å². The second-order valence-electron chi connectivity index (χ2n) is 31.4. The van der Waals surface area contributed by atoms with Gasteiger partial charge in [-0.2, -0.15) is 0 Å². The second kappa shape index (κ2) is 22.4. The molecular weight excluding hydrogens is 1080 g/mol. The molecule has 2 heterocycles. The van der Waals surface area contributed by atoms with E-state index in [0.717, 1.165) is 89.2 Å². The van der Waals surface area contributed by atoms with Crippen LogP contribution in [-0.2, 0) is 43.3 Å². The molecule has 8 nitrogen and oxygen atoms in total. The Hall–Kier alpha value is -5.42. The Morgan fingerprint density at radius 3 is 0.643 bits per heavy atom. The summed E-state index contributed by atoms with van der Waals surface area (Å²) < 4.78 is 53.1. The second-order valence-corrected chi connectivity index (χ2v) is 35.7. The molecule has 0 aromatic heterocycles. The molecule has 2 aliphatic heterocycles. The fraction of sp³-hybridized carbons (Fsp3) is 0.514. The van der Waals surface area contributed by atoms with E-state index < -0.39 is 15.8 Å². The summed E-state index contributed by atoms with van der Waals surface area (Å²) >= 11 is 0. The van der Waals surface area contributed by atoms with Gasteiger partial charge in [-0.3, -0.25) is 0 Å². The minimum Gasteiger partial charge on any atom is -0.496 e. The highest BCUT2D eigenvalue weighted by atomic mass is 31.1. The van der Waals surface area contributed by atoms with Crippen LogP contribution in [0.15, 0.2) is 72.8 Å². The molecule has 0 aliphatic carbocycles. The van der Waals surface area contributed by atoms with Crippen LogP contribution >= 0.6 is 15.8 Å². The van der Waals surface area contributed by atoms with E-state index in [4.69, 9.17) is 37.9 Å². The summed E-state index contributed by atoms with van der Waals surface area (Å²) in [6.45, 7) is 55.2. The van der Waals surface area contributed by atoms with E-state index in [1.54, 1.807) is 0 Å². The Kier molecular flexibility index (Phi) is 17.2. The summed E-state index contributed by atoms with van der Waals surface area (Å²) in [7, 11) is 4.29. The number of fused-ring (bicyclic) bond motifs is 2. The molecule has 0 radical (unpaired) electrons. The van der Waals surface area contributed by atoms with Crippen molar-refractivity contribution in [3.05, 3.63) is 117 Å². The van der Waals surface area contributed by atoms with Crippen LogP contribution in [-0.4, -0.2) is 42.0 Å². The highest BCUT2D eigenvalue weighted by Crippen LogP contribution is 2.57. The van der Waals surface area contributed by atoms with Gasteiger partial charge in [0.1, 0.15) is 23.0 Å². The summed E-state index contributed by atoms with van der Waals surface area (Å²) in [6, 6.07) is 28.4. The van der Waals surface area contributed by atoms with Crippen molar-refractivity contribution in [3.63, 3.8) is 0 Å². The van der Waals surface area contributed by atoms with Crippen molar-refractivity contribution in [2.45, 2.75) is 209 Å². The molecule has 10 heteroatoms. The van der Waals surface area contributed by atoms with Crippen LogP contribution in [0.2, 0.25) is 0 Å². The SMILES string of the molecule is COc1c(C(C)(C)C)cc(P(c2cc(C(C)(C)C)c(OC)c(C(C)(C)C)c2)c2ccc3c(c2-c2c(P(c4cc(C(C)(C)C)c(OC)c(C(C)(C)C)c4)c4cc(C(C)(C)C)c(OC)c(C(C)(C)C)c4)ccc4c2OCO4)OCO3)cc1C(C)(C)C. The molecule has 0 amide bonds. The van der Waals surface area contributed by atoms with Gasteiger partial charge in [0.25, 0.3) is 0 Å². The molecule has 84 heavy (non-hydrogen) atoms. The molecule has 2 aliphatic rings. The van der Waals surface area contributed by atoms with Crippen molar-refractivity contribution in [3.8, 4) is 57.1 Å². The smallest absolute Gasteiger partial charge is 0.231 e. The Morgan fingerprint density at radius 1 is 0.286 bits per heavy atom. The lowest BCUT2D eigenvalue weighted by atomic mass is 9.79. The van der Waals surface area contributed by atoms with Crippen LogP contribution < -0.4 is 69.7 Å². The fourth-order valence-electron chi connectivity index (χ4n) is 11.9. The molecule has 0 atom stereocenters. The van der Waals surface area contributed by atoms with Gasteiger partial charge in [-0.25, -0.2) is 0 Å². The zero-order valence-corrected chi connectivity index (χ0v) is 58.3. The van der Waals surface area contributed by atoms with Crippen LogP contribution in [0.3, 0.4) is 0 Å². The van der Waals surface area contributed by atoms with Crippen molar-refractivity contribution < 1.29 is 37.9 Å². The lowest BCUT2D eigenvalue weighted by Gasteiger charge is -2.35. The highest BCUT2D eigenvalue weighted by Gasteiger charge is 2.41. The molecule has 6 aromatic carbocycles. The molecule has 0 bridgehead atoms.